The Hall–Kier alpha value is -3.91. The van der Waals surface area contributed by atoms with Crippen LogP contribution >= 0.6 is 11.8 Å². The molecule has 2 N–H and O–H groups in total. The molecular formula is C28H27N3O4S. The number of hydrogen-bond donors (Lipinski definition) is 2. The third-order valence-electron chi connectivity index (χ3n) is 5.76. The third kappa shape index (κ3) is 6.82. The second-order valence-corrected chi connectivity index (χ2v) is 9.54. The molecule has 36 heavy (non-hydrogen) atoms. The standard InChI is InChI=1S/C28H27N3O4S/c32-25(30-23-13-11-22(12-14-23)27(34)35)19-24-26(33)31(18-16-21-9-5-2-6-10-21)28(36-24)29-17-15-20-7-3-1-4-8-20/h1-14,24H,15-19H2,(H,30,32)(H,34,35). The molecule has 0 bridgehead atoms. The number of nitrogens with zero attached hydrogens (tertiary/aromatic N) is 2. The van der Waals surface area contributed by atoms with Crippen LogP contribution < -0.4 is 5.32 Å². The molecule has 1 unspecified atom stereocenters. The number of carboxylic acid groups (broad SMARTS) is 1. The first-order valence-corrected chi connectivity index (χ1v) is 12.6. The van der Waals surface area contributed by atoms with Gasteiger partial charge in [-0.3, -0.25) is 19.5 Å². The van der Waals surface area contributed by atoms with Gasteiger partial charge in [0.05, 0.1) is 5.56 Å². The molecule has 1 aliphatic rings. The second kappa shape index (κ2) is 12.2. The van der Waals surface area contributed by atoms with Crippen LogP contribution in [-0.2, 0) is 22.4 Å². The number of carbonyl (C=O) groups is 3. The minimum absolute atomic E-state index is 0.00369. The number of carbonyl (C=O) groups excluding carboxylic acids is 2. The van der Waals surface area contributed by atoms with Crippen LogP contribution in [0, 0.1) is 0 Å². The highest BCUT2D eigenvalue weighted by atomic mass is 32.2. The van der Waals surface area contributed by atoms with Crippen LogP contribution in [0.25, 0.3) is 0 Å². The molecule has 0 aliphatic carbocycles. The van der Waals surface area contributed by atoms with Crippen molar-refractivity contribution in [2.45, 2.75) is 24.5 Å². The number of aliphatic imine (C=N–C) groups is 1. The fourth-order valence-electron chi connectivity index (χ4n) is 3.85. The predicted molar refractivity (Wildman–Crippen MR) is 142 cm³/mol. The molecule has 1 fully saturated rings. The molecule has 1 heterocycles. The Bertz CT molecular complexity index is 1230. The Morgan fingerprint density at radius 3 is 2.11 bits per heavy atom. The zero-order chi connectivity index (χ0) is 25.3. The summed E-state index contributed by atoms with van der Waals surface area (Å²) in [6.07, 6.45) is 1.46. The number of thioether (sulfide) groups is 1. The van der Waals surface area contributed by atoms with E-state index in [1.54, 1.807) is 4.90 Å². The van der Waals surface area contributed by atoms with Crippen molar-refractivity contribution < 1.29 is 19.5 Å². The number of hydrogen-bond acceptors (Lipinski definition) is 5. The summed E-state index contributed by atoms with van der Waals surface area (Å²) < 4.78 is 0. The van der Waals surface area contributed by atoms with Gasteiger partial charge in [-0.25, -0.2) is 4.79 Å². The van der Waals surface area contributed by atoms with Gasteiger partial charge in [0.25, 0.3) is 0 Å². The summed E-state index contributed by atoms with van der Waals surface area (Å²) in [7, 11) is 0. The van der Waals surface area contributed by atoms with Gasteiger partial charge in [0.15, 0.2) is 5.17 Å². The number of aromatic carboxylic acids is 1. The molecule has 1 atom stereocenters. The molecule has 3 aromatic rings. The SMILES string of the molecule is O=C(CC1SC(=NCCc2ccccc2)N(CCc2ccccc2)C1=O)Nc1ccc(C(=O)O)cc1. The highest BCUT2D eigenvalue weighted by molar-refractivity contribution is 8.15. The molecule has 1 aliphatic heterocycles. The number of nitrogens with one attached hydrogen (secondary N) is 1. The molecule has 7 nitrogen and oxygen atoms in total. The highest BCUT2D eigenvalue weighted by Crippen LogP contribution is 2.30. The van der Waals surface area contributed by atoms with Gasteiger partial charge >= 0.3 is 5.97 Å². The molecule has 8 heteroatoms. The number of amidine groups is 1. The Labute approximate surface area is 214 Å². The van der Waals surface area contributed by atoms with Gasteiger partial charge in [0.1, 0.15) is 5.25 Å². The number of amides is 2. The van der Waals surface area contributed by atoms with Crippen molar-refractivity contribution in [1.82, 2.24) is 4.90 Å². The van der Waals surface area contributed by atoms with Crippen molar-refractivity contribution in [3.63, 3.8) is 0 Å². The third-order valence-corrected chi connectivity index (χ3v) is 6.98. The topological polar surface area (TPSA) is 99.1 Å². The van der Waals surface area contributed by atoms with E-state index in [0.29, 0.717) is 30.4 Å². The summed E-state index contributed by atoms with van der Waals surface area (Å²) >= 11 is 1.33. The molecule has 0 saturated carbocycles. The summed E-state index contributed by atoms with van der Waals surface area (Å²) in [5.41, 5.74) is 2.93. The highest BCUT2D eigenvalue weighted by Gasteiger charge is 2.38. The molecule has 4 rings (SSSR count). The van der Waals surface area contributed by atoms with Crippen LogP contribution in [-0.4, -0.2) is 51.3 Å². The molecule has 0 spiro atoms. The summed E-state index contributed by atoms with van der Waals surface area (Å²) in [4.78, 5) is 43.4. The minimum atomic E-state index is -1.03. The van der Waals surface area contributed by atoms with Crippen LogP contribution in [0.2, 0.25) is 0 Å². The smallest absolute Gasteiger partial charge is 0.335 e. The fourth-order valence-corrected chi connectivity index (χ4v) is 5.05. The van der Waals surface area contributed by atoms with E-state index in [-0.39, 0.29) is 23.8 Å². The molecule has 2 amide bonds. The van der Waals surface area contributed by atoms with Crippen LogP contribution in [0.15, 0.2) is 89.9 Å². The maximum atomic E-state index is 13.3. The van der Waals surface area contributed by atoms with Gasteiger partial charge < -0.3 is 10.4 Å². The first-order chi connectivity index (χ1) is 17.5. The van der Waals surface area contributed by atoms with Crippen molar-refractivity contribution in [2.75, 3.05) is 18.4 Å². The lowest BCUT2D eigenvalue weighted by Gasteiger charge is -2.16. The van der Waals surface area contributed by atoms with Crippen LogP contribution in [0.3, 0.4) is 0 Å². The number of rotatable bonds is 10. The Morgan fingerprint density at radius 2 is 1.50 bits per heavy atom. The lowest BCUT2D eigenvalue weighted by Crippen LogP contribution is -2.35. The van der Waals surface area contributed by atoms with Crippen LogP contribution in [0.4, 0.5) is 5.69 Å². The number of anilines is 1. The molecular weight excluding hydrogens is 474 g/mol. The van der Waals surface area contributed by atoms with Crippen molar-refractivity contribution >= 4 is 40.4 Å². The van der Waals surface area contributed by atoms with E-state index in [1.807, 2.05) is 48.5 Å². The lowest BCUT2D eigenvalue weighted by molar-refractivity contribution is -0.128. The maximum Gasteiger partial charge on any atom is 0.335 e. The van der Waals surface area contributed by atoms with Crippen molar-refractivity contribution in [2.24, 2.45) is 4.99 Å². The van der Waals surface area contributed by atoms with Crippen molar-refractivity contribution in [1.29, 1.82) is 0 Å². The first kappa shape index (κ1) is 25.2. The monoisotopic (exact) mass is 501 g/mol. The van der Waals surface area contributed by atoms with Crippen LogP contribution in [0.5, 0.6) is 0 Å². The van der Waals surface area contributed by atoms with E-state index in [4.69, 9.17) is 10.1 Å². The summed E-state index contributed by atoms with van der Waals surface area (Å²) in [5, 5.41) is 11.9. The Balaban J connectivity index is 1.41. The Kier molecular flexibility index (Phi) is 8.52. The average Bonchev–Trinajstić information content (AvgIpc) is 3.18. The number of carboxylic acids is 1. The van der Waals surface area contributed by atoms with Crippen molar-refractivity contribution in [3.05, 3.63) is 102 Å². The normalized spacial score (nSPS) is 16.3. The van der Waals surface area contributed by atoms with Gasteiger partial charge in [0.2, 0.25) is 11.8 Å². The van der Waals surface area contributed by atoms with Crippen molar-refractivity contribution in [3.8, 4) is 0 Å². The molecule has 184 valence electrons. The van der Waals surface area contributed by atoms with Gasteiger partial charge in [-0.15, -0.1) is 0 Å². The van der Waals surface area contributed by atoms with E-state index < -0.39 is 11.2 Å². The molecule has 1 saturated heterocycles. The molecule has 0 radical (unpaired) electrons. The summed E-state index contributed by atoms with van der Waals surface area (Å²) in [6.45, 7) is 1.05. The maximum absolute atomic E-state index is 13.3. The number of benzene rings is 3. The summed E-state index contributed by atoms with van der Waals surface area (Å²) in [6, 6.07) is 25.9. The van der Waals surface area contributed by atoms with E-state index in [9.17, 15) is 14.4 Å². The second-order valence-electron chi connectivity index (χ2n) is 8.37. The van der Waals surface area contributed by atoms with Crippen LogP contribution in [0.1, 0.15) is 27.9 Å². The van der Waals surface area contributed by atoms with E-state index in [1.165, 1.54) is 41.6 Å². The van der Waals surface area contributed by atoms with E-state index in [2.05, 4.69) is 17.4 Å². The van der Waals surface area contributed by atoms with E-state index in [0.717, 1.165) is 12.0 Å². The molecule has 0 aromatic heterocycles. The first-order valence-electron chi connectivity index (χ1n) is 11.7. The average molecular weight is 502 g/mol. The Morgan fingerprint density at radius 1 is 0.889 bits per heavy atom. The summed E-state index contributed by atoms with van der Waals surface area (Å²) in [5.74, 6) is -1.46. The molecule has 3 aromatic carbocycles. The lowest BCUT2D eigenvalue weighted by atomic mass is 10.1. The minimum Gasteiger partial charge on any atom is -0.478 e. The largest absolute Gasteiger partial charge is 0.478 e. The van der Waals surface area contributed by atoms with Gasteiger partial charge in [-0.05, 0) is 48.2 Å². The fraction of sp³-hybridized carbons (Fsp3) is 0.214. The van der Waals surface area contributed by atoms with E-state index >= 15 is 0 Å². The van der Waals surface area contributed by atoms with Gasteiger partial charge in [0, 0.05) is 25.2 Å². The predicted octanol–water partition coefficient (Wildman–Crippen LogP) is 4.50. The van der Waals surface area contributed by atoms with Gasteiger partial charge in [-0.1, -0.05) is 72.4 Å². The van der Waals surface area contributed by atoms with Gasteiger partial charge in [-0.2, -0.15) is 0 Å². The zero-order valence-electron chi connectivity index (χ0n) is 19.7. The zero-order valence-corrected chi connectivity index (χ0v) is 20.5. The quantitative estimate of drug-likeness (QED) is 0.426.